The number of hydrogen-bond acceptors (Lipinski definition) is 3. The summed E-state index contributed by atoms with van der Waals surface area (Å²) in [6.45, 7) is 6.71. The third kappa shape index (κ3) is 4.54. The van der Waals surface area contributed by atoms with E-state index in [9.17, 15) is 13.2 Å². The molecule has 27 heavy (non-hydrogen) atoms. The molecule has 1 heterocycles. The Morgan fingerprint density at radius 1 is 1.00 bits per heavy atom. The molecule has 1 atom stereocenters. The summed E-state index contributed by atoms with van der Waals surface area (Å²) in [7, 11) is -3.66. The molecule has 1 aliphatic heterocycles. The molecule has 3 rings (SSSR count). The van der Waals surface area contributed by atoms with Crippen LogP contribution in [-0.4, -0.2) is 37.3 Å². The molecule has 1 saturated heterocycles. The Morgan fingerprint density at radius 2 is 1.63 bits per heavy atom. The summed E-state index contributed by atoms with van der Waals surface area (Å²) in [5.41, 5.74) is 1.06. The zero-order valence-electron chi connectivity index (χ0n) is 16.7. The molecule has 1 aromatic rings. The SMILES string of the molecule is CC(C)(C)c1ccc(S(=O)(=O)N2CCC[C@H]2C(=O)NC2CCCCC2)cc1. The van der Waals surface area contributed by atoms with Crippen LogP contribution < -0.4 is 5.32 Å². The highest BCUT2D eigenvalue weighted by molar-refractivity contribution is 7.89. The van der Waals surface area contributed by atoms with Gasteiger partial charge in [-0.15, -0.1) is 0 Å². The number of hydrogen-bond donors (Lipinski definition) is 1. The van der Waals surface area contributed by atoms with Crippen LogP contribution in [0.15, 0.2) is 29.2 Å². The highest BCUT2D eigenvalue weighted by Crippen LogP contribution is 2.29. The Morgan fingerprint density at radius 3 is 2.22 bits per heavy atom. The van der Waals surface area contributed by atoms with E-state index >= 15 is 0 Å². The van der Waals surface area contributed by atoms with Gasteiger partial charge in [-0.1, -0.05) is 52.2 Å². The van der Waals surface area contributed by atoms with Gasteiger partial charge in [-0.2, -0.15) is 4.31 Å². The molecule has 5 nitrogen and oxygen atoms in total. The number of carbonyl (C=O) groups is 1. The van der Waals surface area contributed by atoms with E-state index in [1.165, 1.54) is 10.7 Å². The van der Waals surface area contributed by atoms with Crippen molar-refractivity contribution in [3.05, 3.63) is 29.8 Å². The predicted octanol–water partition coefficient (Wildman–Crippen LogP) is 3.59. The van der Waals surface area contributed by atoms with Gasteiger partial charge in [0.15, 0.2) is 0 Å². The molecule has 1 amide bonds. The van der Waals surface area contributed by atoms with E-state index in [1.54, 1.807) is 12.1 Å². The van der Waals surface area contributed by atoms with Gasteiger partial charge in [0.1, 0.15) is 6.04 Å². The highest BCUT2D eigenvalue weighted by Gasteiger charge is 2.40. The maximum Gasteiger partial charge on any atom is 0.243 e. The summed E-state index contributed by atoms with van der Waals surface area (Å²) in [5, 5.41) is 3.10. The first-order chi connectivity index (χ1) is 12.7. The fraction of sp³-hybridized carbons (Fsp3) is 0.667. The molecule has 1 N–H and O–H groups in total. The largest absolute Gasteiger partial charge is 0.352 e. The van der Waals surface area contributed by atoms with Gasteiger partial charge in [-0.05, 0) is 48.8 Å². The van der Waals surface area contributed by atoms with Crippen LogP contribution in [0.4, 0.5) is 0 Å². The van der Waals surface area contributed by atoms with Crippen LogP contribution in [0.25, 0.3) is 0 Å². The molecule has 0 bridgehead atoms. The summed E-state index contributed by atoms with van der Waals surface area (Å²) in [4.78, 5) is 13.0. The first-order valence-electron chi connectivity index (χ1n) is 10.1. The lowest BCUT2D eigenvalue weighted by Gasteiger charge is -2.28. The number of carbonyl (C=O) groups excluding carboxylic acids is 1. The number of benzene rings is 1. The highest BCUT2D eigenvalue weighted by atomic mass is 32.2. The van der Waals surface area contributed by atoms with Crippen LogP contribution in [0, 0.1) is 0 Å². The van der Waals surface area contributed by atoms with Crippen LogP contribution >= 0.6 is 0 Å². The third-order valence-corrected chi connectivity index (χ3v) is 7.71. The van der Waals surface area contributed by atoms with Crippen LogP contribution in [-0.2, 0) is 20.2 Å². The fourth-order valence-electron chi connectivity index (χ4n) is 4.10. The van der Waals surface area contributed by atoms with Gasteiger partial charge in [-0.3, -0.25) is 4.79 Å². The summed E-state index contributed by atoms with van der Waals surface area (Å²) >= 11 is 0. The summed E-state index contributed by atoms with van der Waals surface area (Å²) in [6.07, 6.45) is 6.81. The maximum atomic E-state index is 13.1. The van der Waals surface area contributed by atoms with Crippen molar-refractivity contribution in [2.24, 2.45) is 0 Å². The second-order valence-electron chi connectivity index (χ2n) is 8.89. The molecule has 1 saturated carbocycles. The number of sulfonamides is 1. The lowest BCUT2D eigenvalue weighted by Crippen LogP contribution is -2.49. The van der Waals surface area contributed by atoms with Gasteiger partial charge >= 0.3 is 0 Å². The molecule has 150 valence electrons. The van der Waals surface area contributed by atoms with Gasteiger partial charge in [0.05, 0.1) is 4.90 Å². The van der Waals surface area contributed by atoms with Crippen molar-refractivity contribution in [2.45, 2.75) is 88.1 Å². The molecule has 0 unspecified atom stereocenters. The Kier molecular flexibility index (Phi) is 5.96. The molecule has 0 aromatic heterocycles. The van der Waals surface area contributed by atoms with Crippen LogP contribution in [0.2, 0.25) is 0 Å². The zero-order chi connectivity index (χ0) is 19.7. The van der Waals surface area contributed by atoms with E-state index in [0.717, 1.165) is 37.7 Å². The van der Waals surface area contributed by atoms with Gasteiger partial charge in [0.25, 0.3) is 0 Å². The topological polar surface area (TPSA) is 66.5 Å². The second-order valence-corrected chi connectivity index (χ2v) is 10.8. The first kappa shape index (κ1) is 20.3. The molecule has 2 fully saturated rings. The predicted molar refractivity (Wildman–Crippen MR) is 107 cm³/mol. The lowest BCUT2D eigenvalue weighted by atomic mass is 9.87. The molecule has 1 aliphatic carbocycles. The number of amides is 1. The van der Waals surface area contributed by atoms with E-state index in [-0.39, 0.29) is 22.3 Å². The van der Waals surface area contributed by atoms with Crippen molar-refractivity contribution in [3.63, 3.8) is 0 Å². The average molecular weight is 393 g/mol. The average Bonchev–Trinajstić information content (AvgIpc) is 3.13. The summed E-state index contributed by atoms with van der Waals surface area (Å²) in [5.74, 6) is -0.130. The molecule has 0 radical (unpaired) electrons. The van der Waals surface area contributed by atoms with E-state index in [0.29, 0.717) is 13.0 Å². The van der Waals surface area contributed by atoms with Gasteiger partial charge in [0.2, 0.25) is 15.9 Å². The number of rotatable bonds is 4. The molecular formula is C21H32N2O3S. The van der Waals surface area contributed by atoms with Crippen molar-refractivity contribution in [1.29, 1.82) is 0 Å². The van der Waals surface area contributed by atoms with Gasteiger partial charge in [-0.25, -0.2) is 8.42 Å². The summed E-state index contributed by atoms with van der Waals surface area (Å²) in [6, 6.07) is 6.70. The normalized spacial score (nSPS) is 22.7. The second kappa shape index (κ2) is 7.92. The van der Waals surface area contributed by atoms with E-state index < -0.39 is 16.1 Å². The third-order valence-electron chi connectivity index (χ3n) is 5.78. The van der Waals surface area contributed by atoms with Crippen LogP contribution in [0.5, 0.6) is 0 Å². The smallest absolute Gasteiger partial charge is 0.243 e. The fourth-order valence-corrected chi connectivity index (χ4v) is 5.75. The Hall–Kier alpha value is -1.40. The van der Waals surface area contributed by atoms with Crippen LogP contribution in [0.3, 0.4) is 0 Å². The minimum absolute atomic E-state index is 0.0294. The lowest BCUT2D eigenvalue weighted by molar-refractivity contribution is -0.125. The van der Waals surface area contributed by atoms with E-state index in [2.05, 4.69) is 26.1 Å². The van der Waals surface area contributed by atoms with Crippen molar-refractivity contribution in [2.75, 3.05) is 6.54 Å². The van der Waals surface area contributed by atoms with Crippen molar-refractivity contribution < 1.29 is 13.2 Å². The number of nitrogens with zero attached hydrogens (tertiary/aromatic N) is 1. The Bertz CT molecular complexity index is 760. The van der Waals surface area contributed by atoms with E-state index in [1.807, 2.05) is 12.1 Å². The Balaban J connectivity index is 1.75. The maximum absolute atomic E-state index is 13.1. The molecule has 6 heteroatoms. The monoisotopic (exact) mass is 392 g/mol. The molecule has 0 spiro atoms. The summed E-state index contributed by atoms with van der Waals surface area (Å²) < 4.78 is 27.7. The minimum Gasteiger partial charge on any atom is -0.352 e. The quantitative estimate of drug-likeness (QED) is 0.851. The van der Waals surface area contributed by atoms with Crippen molar-refractivity contribution >= 4 is 15.9 Å². The first-order valence-corrected chi connectivity index (χ1v) is 11.6. The standard InChI is InChI=1S/C21H32N2O3S/c1-21(2,3)16-11-13-18(14-12-16)27(25,26)23-15-7-10-19(23)20(24)22-17-8-5-4-6-9-17/h11-14,17,19H,4-10,15H2,1-3H3,(H,22,24)/t19-/m0/s1. The molecule has 1 aromatic carbocycles. The van der Waals surface area contributed by atoms with E-state index in [4.69, 9.17) is 0 Å². The van der Waals surface area contributed by atoms with Gasteiger partial charge < -0.3 is 5.32 Å². The number of nitrogens with one attached hydrogen (secondary N) is 1. The molecular weight excluding hydrogens is 360 g/mol. The zero-order valence-corrected chi connectivity index (χ0v) is 17.5. The minimum atomic E-state index is -3.66. The van der Waals surface area contributed by atoms with Crippen LogP contribution in [0.1, 0.15) is 71.3 Å². The molecule has 2 aliphatic rings. The Labute approximate surface area is 163 Å². The van der Waals surface area contributed by atoms with Crippen molar-refractivity contribution in [1.82, 2.24) is 9.62 Å². The van der Waals surface area contributed by atoms with Crippen molar-refractivity contribution in [3.8, 4) is 0 Å². The van der Waals surface area contributed by atoms with Gasteiger partial charge in [0, 0.05) is 12.6 Å².